The minimum absolute atomic E-state index is 0.811. The Bertz CT molecular complexity index is 365. The van der Waals surface area contributed by atoms with Gasteiger partial charge in [-0.25, -0.2) is 0 Å². The number of rotatable bonds is 1. The Kier molecular flexibility index (Phi) is 7.95. The van der Waals surface area contributed by atoms with Crippen LogP contribution in [0.15, 0.2) is 34.9 Å². The fourth-order valence-electron chi connectivity index (χ4n) is 2.95. The number of hydrogen-bond donors (Lipinski definition) is 0. The lowest BCUT2D eigenvalue weighted by atomic mass is 9.85. The minimum Gasteiger partial charge on any atom is -0.0853 e. The van der Waals surface area contributed by atoms with Gasteiger partial charge in [0.25, 0.3) is 0 Å². The Morgan fingerprint density at radius 3 is 1.85 bits per heavy atom. The van der Waals surface area contributed by atoms with E-state index in [1.165, 1.54) is 44.1 Å². The van der Waals surface area contributed by atoms with Crippen molar-refractivity contribution in [2.24, 2.45) is 11.8 Å². The van der Waals surface area contributed by atoms with Gasteiger partial charge in [0, 0.05) is 0 Å². The minimum atomic E-state index is 0.811. The van der Waals surface area contributed by atoms with Crippen LogP contribution in [0.2, 0.25) is 0 Å². The molecule has 0 aliphatic heterocycles. The summed E-state index contributed by atoms with van der Waals surface area (Å²) >= 11 is 0. The Labute approximate surface area is 127 Å². The van der Waals surface area contributed by atoms with Crippen LogP contribution in [0.5, 0.6) is 0 Å². The first-order valence-corrected chi connectivity index (χ1v) is 8.46. The second-order valence-corrected chi connectivity index (χ2v) is 7.01. The summed E-state index contributed by atoms with van der Waals surface area (Å²) in [7, 11) is 0. The van der Waals surface area contributed by atoms with Gasteiger partial charge in [0.05, 0.1) is 0 Å². The van der Waals surface area contributed by atoms with Crippen molar-refractivity contribution < 1.29 is 0 Å². The molecule has 0 radical (unpaired) electrons. The molecule has 0 aromatic carbocycles. The molecule has 0 heteroatoms. The molecule has 20 heavy (non-hydrogen) atoms. The zero-order valence-electron chi connectivity index (χ0n) is 14.3. The SMILES string of the molecule is C/C1=C/CC/C(C)=C/C/C=C(\C)CC[C@H](C(C)C)CC1. The van der Waals surface area contributed by atoms with Crippen LogP contribution in [0.25, 0.3) is 0 Å². The standard InChI is InChI=1S/C20H34/c1-16(2)20-14-12-18(4)10-6-8-17(3)9-7-11-19(5)13-15-20/h8,10-11,16,20H,6-7,9,12-15H2,1-5H3/b17-8+,18-10+,19-11-/t20-/m0/s1. The van der Waals surface area contributed by atoms with Crippen molar-refractivity contribution in [3.05, 3.63) is 34.9 Å². The molecule has 114 valence electrons. The molecule has 0 bridgehead atoms. The Morgan fingerprint density at radius 2 is 1.30 bits per heavy atom. The molecule has 0 fully saturated rings. The molecule has 1 aliphatic rings. The third-order valence-electron chi connectivity index (χ3n) is 4.73. The molecule has 0 heterocycles. The van der Waals surface area contributed by atoms with Crippen LogP contribution in [0.4, 0.5) is 0 Å². The molecule has 1 aliphatic carbocycles. The summed E-state index contributed by atoms with van der Waals surface area (Å²) in [5.74, 6) is 1.69. The van der Waals surface area contributed by atoms with E-state index in [1.807, 2.05) is 0 Å². The first-order valence-electron chi connectivity index (χ1n) is 8.46. The molecule has 1 atom stereocenters. The first-order chi connectivity index (χ1) is 9.49. The van der Waals surface area contributed by atoms with Gasteiger partial charge in [0.15, 0.2) is 0 Å². The van der Waals surface area contributed by atoms with E-state index in [0.29, 0.717) is 0 Å². The molecule has 0 unspecified atom stereocenters. The summed E-state index contributed by atoms with van der Waals surface area (Å²) in [5, 5.41) is 0. The molecule has 0 aromatic heterocycles. The molecule has 0 spiro atoms. The van der Waals surface area contributed by atoms with Crippen molar-refractivity contribution in [1.82, 2.24) is 0 Å². The van der Waals surface area contributed by atoms with Crippen LogP contribution in [0.1, 0.15) is 79.6 Å². The summed E-state index contributed by atoms with van der Waals surface area (Å²) in [4.78, 5) is 0. The van der Waals surface area contributed by atoms with E-state index in [1.54, 1.807) is 11.1 Å². The quantitative estimate of drug-likeness (QED) is 0.459. The maximum absolute atomic E-state index is 2.46. The fourth-order valence-corrected chi connectivity index (χ4v) is 2.95. The van der Waals surface area contributed by atoms with Crippen molar-refractivity contribution in [2.45, 2.75) is 79.6 Å². The monoisotopic (exact) mass is 274 g/mol. The number of hydrogen-bond acceptors (Lipinski definition) is 0. The molecule has 0 N–H and O–H groups in total. The summed E-state index contributed by atoms with van der Waals surface area (Å²) < 4.78 is 0. The normalized spacial score (nSPS) is 31.5. The van der Waals surface area contributed by atoms with Crippen LogP contribution in [0, 0.1) is 11.8 Å². The lowest BCUT2D eigenvalue weighted by Gasteiger charge is -2.21. The first kappa shape index (κ1) is 17.3. The lowest BCUT2D eigenvalue weighted by molar-refractivity contribution is 0.336. The lowest BCUT2D eigenvalue weighted by Crippen LogP contribution is -2.09. The maximum Gasteiger partial charge on any atom is -0.0164 e. The zero-order chi connectivity index (χ0) is 15.0. The van der Waals surface area contributed by atoms with Gasteiger partial charge in [-0.15, -0.1) is 0 Å². The Hall–Kier alpha value is -0.780. The van der Waals surface area contributed by atoms with Crippen molar-refractivity contribution in [3.8, 4) is 0 Å². The zero-order valence-corrected chi connectivity index (χ0v) is 14.3. The Balaban J connectivity index is 2.74. The van der Waals surface area contributed by atoms with Gasteiger partial charge in [-0.3, -0.25) is 0 Å². The van der Waals surface area contributed by atoms with Crippen molar-refractivity contribution in [3.63, 3.8) is 0 Å². The van der Waals surface area contributed by atoms with Crippen LogP contribution >= 0.6 is 0 Å². The number of allylic oxidation sites excluding steroid dienone is 6. The average Bonchev–Trinajstić information content (AvgIpc) is 2.37. The highest BCUT2D eigenvalue weighted by Crippen LogP contribution is 2.27. The third-order valence-corrected chi connectivity index (χ3v) is 4.73. The van der Waals surface area contributed by atoms with E-state index in [-0.39, 0.29) is 0 Å². The Morgan fingerprint density at radius 1 is 0.800 bits per heavy atom. The van der Waals surface area contributed by atoms with Gasteiger partial charge in [0.1, 0.15) is 0 Å². The van der Waals surface area contributed by atoms with Gasteiger partial charge in [-0.1, -0.05) is 48.8 Å². The second kappa shape index (κ2) is 9.21. The summed E-state index contributed by atoms with van der Waals surface area (Å²) in [5.41, 5.74) is 4.70. The van der Waals surface area contributed by atoms with Crippen molar-refractivity contribution in [1.29, 1.82) is 0 Å². The summed E-state index contributed by atoms with van der Waals surface area (Å²) in [6.07, 6.45) is 16.1. The van der Waals surface area contributed by atoms with Crippen molar-refractivity contribution >= 4 is 0 Å². The van der Waals surface area contributed by atoms with Crippen LogP contribution < -0.4 is 0 Å². The van der Waals surface area contributed by atoms with E-state index in [4.69, 9.17) is 0 Å². The highest BCUT2D eigenvalue weighted by atomic mass is 14.2. The fraction of sp³-hybridized carbons (Fsp3) is 0.700. The molecular formula is C20H34. The predicted octanol–water partition coefficient (Wildman–Crippen LogP) is 6.84. The maximum atomic E-state index is 2.46. The van der Waals surface area contributed by atoms with Gasteiger partial charge in [-0.05, 0) is 77.6 Å². The van der Waals surface area contributed by atoms with Crippen LogP contribution in [-0.2, 0) is 0 Å². The van der Waals surface area contributed by atoms with Crippen LogP contribution in [-0.4, -0.2) is 0 Å². The topological polar surface area (TPSA) is 0 Å². The predicted molar refractivity (Wildman–Crippen MR) is 91.9 cm³/mol. The molecule has 0 amide bonds. The summed E-state index contributed by atoms with van der Waals surface area (Å²) in [6.45, 7) is 11.7. The molecule has 0 saturated carbocycles. The largest absolute Gasteiger partial charge is 0.0853 e. The second-order valence-electron chi connectivity index (χ2n) is 7.01. The summed E-state index contributed by atoms with van der Waals surface area (Å²) in [6, 6.07) is 0. The van der Waals surface area contributed by atoms with Crippen molar-refractivity contribution in [2.75, 3.05) is 0 Å². The van der Waals surface area contributed by atoms with Gasteiger partial charge < -0.3 is 0 Å². The molecule has 0 nitrogen and oxygen atoms in total. The van der Waals surface area contributed by atoms with Gasteiger partial charge in [-0.2, -0.15) is 0 Å². The smallest absolute Gasteiger partial charge is 0.0164 e. The van der Waals surface area contributed by atoms with Gasteiger partial charge in [0.2, 0.25) is 0 Å². The molecular weight excluding hydrogens is 240 g/mol. The third kappa shape index (κ3) is 7.12. The van der Waals surface area contributed by atoms with E-state index in [2.05, 4.69) is 52.8 Å². The van der Waals surface area contributed by atoms with E-state index < -0.39 is 0 Å². The van der Waals surface area contributed by atoms with E-state index in [0.717, 1.165) is 18.3 Å². The van der Waals surface area contributed by atoms with Gasteiger partial charge >= 0.3 is 0 Å². The van der Waals surface area contributed by atoms with E-state index >= 15 is 0 Å². The average molecular weight is 274 g/mol. The molecule has 0 saturated heterocycles. The highest BCUT2D eigenvalue weighted by molar-refractivity contribution is 5.08. The van der Waals surface area contributed by atoms with E-state index in [9.17, 15) is 0 Å². The molecule has 0 aromatic rings. The van der Waals surface area contributed by atoms with Crippen LogP contribution in [0.3, 0.4) is 0 Å². The molecule has 1 rings (SSSR count). The highest BCUT2D eigenvalue weighted by Gasteiger charge is 2.13.